The van der Waals surface area contributed by atoms with Gasteiger partial charge in [-0.2, -0.15) is 19.6 Å². The summed E-state index contributed by atoms with van der Waals surface area (Å²) in [7, 11) is 0. The van der Waals surface area contributed by atoms with Gasteiger partial charge in [0.25, 0.3) is 0 Å². The summed E-state index contributed by atoms with van der Waals surface area (Å²) in [6.07, 6.45) is 0.835. The van der Waals surface area contributed by atoms with Crippen LogP contribution < -0.4 is 0 Å². The molecule has 1 saturated heterocycles. The SMILES string of the molecule is CCCc1ccc(C2OOC(c3ccc(C(C)C)cc3)OO2)cc1. The van der Waals surface area contributed by atoms with Crippen LogP contribution in [0.4, 0.5) is 0 Å². The van der Waals surface area contributed by atoms with Crippen molar-refractivity contribution in [3.63, 3.8) is 0 Å². The average Bonchev–Trinajstić information content (AvgIpc) is 2.63. The normalized spacial score (nSPS) is 21.2. The molecule has 0 atom stereocenters. The third-order valence-electron chi connectivity index (χ3n) is 4.13. The molecule has 2 aromatic rings. The monoisotopic (exact) mass is 328 g/mol. The highest BCUT2D eigenvalue weighted by atomic mass is 17.4. The van der Waals surface area contributed by atoms with E-state index < -0.39 is 12.6 Å². The number of hydrogen-bond acceptors (Lipinski definition) is 4. The zero-order valence-electron chi connectivity index (χ0n) is 14.4. The van der Waals surface area contributed by atoms with E-state index in [2.05, 4.69) is 45.0 Å². The van der Waals surface area contributed by atoms with Crippen LogP contribution in [-0.2, 0) is 26.0 Å². The Hall–Kier alpha value is -1.72. The number of hydrogen-bond donors (Lipinski definition) is 0. The molecule has 0 saturated carbocycles. The van der Waals surface area contributed by atoms with Crippen molar-refractivity contribution >= 4 is 0 Å². The van der Waals surface area contributed by atoms with Gasteiger partial charge in [0.15, 0.2) is 0 Å². The maximum absolute atomic E-state index is 5.36. The fraction of sp³-hybridized carbons (Fsp3) is 0.400. The minimum atomic E-state index is -0.679. The van der Waals surface area contributed by atoms with Crippen LogP contribution in [-0.4, -0.2) is 0 Å². The Balaban J connectivity index is 1.58. The molecule has 0 radical (unpaired) electrons. The fourth-order valence-electron chi connectivity index (χ4n) is 2.62. The molecule has 0 unspecified atom stereocenters. The molecule has 0 aromatic heterocycles. The van der Waals surface area contributed by atoms with Crippen LogP contribution in [0.5, 0.6) is 0 Å². The quantitative estimate of drug-likeness (QED) is 0.691. The highest BCUT2D eigenvalue weighted by molar-refractivity contribution is 5.26. The molecule has 4 heteroatoms. The standard InChI is InChI=1S/C20H24O4/c1-4-5-15-6-8-17(9-7-15)19-21-23-20(24-22-19)18-12-10-16(11-13-18)14(2)3/h6-14,19-20H,4-5H2,1-3H3. The predicted molar refractivity (Wildman–Crippen MR) is 90.8 cm³/mol. The van der Waals surface area contributed by atoms with Crippen LogP contribution in [0.25, 0.3) is 0 Å². The van der Waals surface area contributed by atoms with Gasteiger partial charge in [-0.05, 0) is 23.5 Å². The van der Waals surface area contributed by atoms with Crippen LogP contribution in [0.1, 0.15) is 67.9 Å². The summed E-state index contributed by atoms with van der Waals surface area (Å²) in [5.41, 5.74) is 4.28. The van der Waals surface area contributed by atoms with Crippen molar-refractivity contribution in [3.8, 4) is 0 Å². The van der Waals surface area contributed by atoms with Gasteiger partial charge in [-0.3, -0.25) is 0 Å². The maximum Gasteiger partial charge on any atom is 0.249 e. The zero-order valence-corrected chi connectivity index (χ0v) is 14.4. The van der Waals surface area contributed by atoms with Gasteiger partial charge in [0.1, 0.15) is 0 Å². The molecular weight excluding hydrogens is 304 g/mol. The minimum absolute atomic E-state index is 0.486. The Bertz CT molecular complexity index is 626. The summed E-state index contributed by atoms with van der Waals surface area (Å²) in [5, 5.41) is 0. The first-order valence-corrected chi connectivity index (χ1v) is 8.50. The van der Waals surface area contributed by atoms with Gasteiger partial charge in [0.2, 0.25) is 12.6 Å². The first kappa shape index (κ1) is 17.1. The van der Waals surface area contributed by atoms with Gasteiger partial charge in [-0.25, -0.2) is 0 Å². The van der Waals surface area contributed by atoms with Crippen molar-refractivity contribution in [1.82, 2.24) is 0 Å². The van der Waals surface area contributed by atoms with Crippen molar-refractivity contribution in [3.05, 3.63) is 70.8 Å². The highest BCUT2D eigenvalue weighted by Crippen LogP contribution is 2.32. The van der Waals surface area contributed by atoms with E-state index in [0.29, 0.717) is 5.92 Å². The second-order valence-corrected chi connectivity index (χ2v) is 6.36. The molecule has 1 aliphatic rings. The molecule has 4 nitrogen and oxygen atoms in total. The van der Waals surface area contributed by atoms with Crippen molar-refractivity contribution in [2.75, 3.05) is 0 Å². The summed E-state index contributed by atoms with van der Waals surface area (Å²) in [6, 6.07) is 16.1. The van der Waals surface area contributed by atoms with E-state index in [1.807, 2.05) is 24.3 Å². The molecule has 2 aromatic carbocycles. The zero-order chi connectivity index (χ0) is 16.9. The fourth-order valence-corrected chi connectivity index (χ4v) is 2.62. The summed E-state index contributed by atoms with van der Waals surface area (Å²) >= 11 is 0. The number of aryl methyl sites for hydroxylation is 1. The van der Waals surface area contributed by atoms with Crippen LogP contribution in [0.2, 0.25) is 0 Å². The van der Waals surface area contributed by atoms with E-state index in [0.717, 1.165) is 24.0 Å². The van der Waals surface area contributed by atoms with Crippen molar-refractivity contribution in [1.29, 1.82) is 0 Å². The molecule has 1 heterocycles. The van der Waals surface area contributed by atoms with E-state index in [1.54, 1.807) is 0 Å². The maximum atomic E-state index is 5.36. The van der Waals surface area contributed by atoms with Crippen LogP contribution in [0.3, 0.4) is 0 Å². The Labute approximate surface area is 143 Å². The lowest BCUT2D eigenvalue weighted by Crippen LogP contribution is -2.22. The Kier molecular flexibility index (Phi) is 5.63. The third-order valence-corrected chi connectivity index (χ3v) is 4.13. The number of benzene rings is 2. The van der Waals surface area contributed by atoms with Crippen LogP contribution >= 0.6 is 0 Å². The number of rotatable bonds is 5. The molecular formula is C20H24O4. The van der Waals surface area contributed by atoms with Crippen molar-refractivity contribution in [2.24, 2.45) is 0 Å². The lowest BCUT2D eigenvalue weighted by Gasteiger charge is -2.27. The summed E-state index contributed by atoms with van der Waals surface area (Å²) in [5.74, 6) is 0.486. The molecule has 24 heavy (non-hydrogen) atoms. The predicted octanol–water partition coefficient (Wildman–Crippen LogP) is 5.37. The van der Waals surface area contributed by atoms with Gasteiger partial charge in [-0.15, -0.1) is 0 Å². The molecule has 0 amide bonds. The Morgan fingerprint density at radius 2 is 1.21 bits per heavy atom. The summed E-state index contributed by atoms with van der Waals surface area (Å²) in [4.78, 5) is 21.4. The highest BCUT2D eigenvalue weighted by Gasteiger charge is 2.28. The van der Waals surface area contributed by atoms with Crippen molar-refractivity contribution in [2.45, 2.75) is 52.1 Å². The van der Waals surface area contributed by atoms with E-state index in [4.69, 9.17) is 19.6 Å². The van der Waals surface area contributed by atoms with Gasteiger partial charge in [0.05, 0.1) is 0 Å². The van der Waals surface area contributed by atoms with Gasteiger partial charge >= 0.3 is 0 Å². The van der Waals surface area contributed by atoms with Gasteiger partial charge in [-0.1, -0.05) is 75.7 Å². The van der Waals surface area contributed by atoms with Crippen LogP contribution in [0.15, 0.2) is 48.5 Å². The lowest BCUT2D eigenvalue weighted by atomic mass is 10.0. The molecule has 0 bridgehead atoms. The molecule has 1 aliphatic heterocycles. The molecule has 128 valence electrons. The molecule has 0 spiro atoms. The molecule has 3 rings (SSSR count). The molecule has 1 fully saturated rings. The smallest absolute Gasteiger partial charge is 0.193 e. The van der Waals surface area contributed by atoms with E-state index in [-0.39, 0.29) is 0 Å². The van der Waals surface area contributed by atoms with E-state index >= 15 is 0 Å². The van der Waals surface area contributed by atoms with E-state index in [1.165, 1.54) is 11.1 Å². The second-order valence-electron chi connectivity index (χ2n) is 6.36. The topological polar surface area (TPSA) is 36.9 Å². The Morgan fingerprint density at radius 3 is 1.62 bits per heavy atom. The summed E-state index contributed by atoms with van der Waals surface area (Å²) < 4.78 is 0. The third kappa shape index (κ3) is 4.02. The average molecular weight is 328 g/mol. The molecule has 0 aliphatic carbocycles. The van der Waals surface area contributed by atoms with Gasteiger partial charge < -0.3 is 0 Å². The van der Waals surface area contributed by atoms with Crippen LogP contribution in [0, 0.1) is 0 Å². The van der Waals surface area contributed by atoms with E-state index in [9.17, 15) is 0 Å². The molecule has 0 N–H and O–H groups in total. The lowest BCUT2D eigenvalue weighted by molar-refractivity contribution is -0.600. The minimum Gasteiger partial charge on any atom is -0.193 e. The second kappa shape index (κ2) is 7.90. The largest absolute Gasteiger partial charge is 0.249 e. The Morgan fingerprint density at radius 1 is 0.750 bits per heavy atom. The first-order chi connectivity index (χ1) is 11.7. The first-order valence-electron chi connectivity index (χ1n) is 8.50. The van der Waals surface area contributed by atoms with Crippen molar-refractivity contribution < 1.29 is 19.6 Å². The van der Waals surface area contributed by atoms with Gasteiger partial charge in [0, 0.05) is 11.1 Å². The summed E-state index contributed by atoms with van der Waals surface area (Å²) in [6.45, 7) is 6.48.